The molecule has 1 fully saturated rings. The summed E-state index contributed by atoms with van der Waals surface area (Å²) in [5, 5.41) is 0. The summed E-state index contributed by atoms with van der Waals surface area (Å²) in [6.45, 7) is 2.56. The number of ether oxygens (including phenoxy) is 1. The van der Waals surface area contributed by atoms with Crippen LogP contribution in [0.3, 0.4) is 0 Å². The maximum absolute atomic E-state index is 10.7. The number of carbonyl (C=O) groups excluding carboxylic acids is 1. The van der Waals surface area contributed by atoms with Crippen LogP contribution in [0.1, 0.15) is 19.8 Å². The van der Waals surface area contributed by atoms with Gasteiger partial charge in [0.1, 0.15) is 6.10 Å². The van der Waals surface area contributed by atoms with Crippen LogP contribution in [0.25, 0.3) is 0 Å². The molecule has 46 valence electrons. The normalized spacial score (nSPS) is 30.6. The van der Waals surface area contributed by atoms with Gasteiger partial charge in [0.25, 0.3) is 0 Å². The van der Waals surface area contributed by atoms with Crippen molar-refractivity contribution in [2.45, 2.75) is 25.9 Å². The summed E-state index contributed by atoms with van der Waals surface area (Å²) in [5.41, 5.74) is 0. The van der Waals surface area contributed by atoms with E-state index in [1.807, 2.05) is 6.92 Å². The minimum atomic E-state index is -0.135. The summed E-state index contributed by atoms with van der Waals surface area (Å²) < 4.78 is 5.04. The Morgan fingerprint density at radius 3 is 2.88 bits per heavy atom. The average Bonchev–Trinajstić information content (AvgIpc) is 1.77. The third-order valence-corrected chi connectivity index (χ3v) is 1.39. The van der Waals surface area contributed by atoms with Crippen molar-refractivity contribution in [2.75, 3.05) is 6.61 Å². The highest BCUT2D eigenvalue weighted by atomic mass is 16.5. The Bertz CT molecular complexity index is 98.7. The highest BCUT2D eigenvalue weighted by molar-refractivity contribution is 5.83. The van der Waals surface area contributed by atoms with E-state index in [1.165, 1.54) is 0 Å². The molecule has 1 atom stereocenters. The fraction of sp³-hybridized carbons (Fsp3) is 0.833. The van der Waals surface area contributed by atoms with Crippen molar-refractivity contribution in [1.29, 1.82) is 0 Å². The Kier molecular flexibility index (Phi) is 1.63. The van der Waals surface area contributed by atoms with E-state index in [2.05, 4.69) is 0 Å². The second-order valence-corrected chi connectivity index (χ2v) is 2.08. The van der Waals surface area contributed by atoms with Gasteiger partial charge < -0.3 is 4.74 Å². The number of ketones is 1. The second-order valence-electron chi connectivity index (χ2n) is 2.08. The van der Waals surface area contributed by atoms with Crippen LogP contribution in [-0.4, -0.2) is 18.5 Å². The first-order valence-electron chi connectivity index (χ1n) is 2.95. The molecule has 0 aromatic carbocycles. The SMILES string of the molecule is CC1OCCCC1=O. The summed E-state index contributed by atoms with van der Waals surface area (Å²) in [7, 11) is 0. The molecule has 0 aromatic heterocycles. The van der Waals surface area contributed by atoms with E-state index >= 15 is 0 Å². The van der Waals surface area contributed by atoms with Crippen molar-refractivity contribution >= 4 is 5.78 Å². The van der Waals surface area contributed by atoms with Crippen LogP contribution in [0.15, 0.2) is 0 Å². The molecule has 0 amide bonds. The van der Waals surface area contributed by atoms with Crippen LogP contribution in [0.2, 0.25) is 0 Å². The van der Waals surface area contributed by atoms with Gasteiger partial charge in [-0.1, -0.05) is 0 Å². The zero-order valence-corrected chi connectivity index (χ0v) is 5.02. The van der Waals surface area contributed by atoms with Gasteiger partial charge in [0, 0.05) is 13.0 Å². The van der Waals surface area contributed by atoms with E-state index in [-0.39, 0.29) is 11.9 Å². The molecule has 0 bridgehead atoms. The van der Waals surface area contributed by atoms with Gasteiger partial charge in [-0.3, -0.25) is 4.79 Å². The quantitative estimate of drug-likeness (QED) is 0.464. The first kappa shape index (κ1) is 5.76. The summed E-state index contributed by atoms with van der Waals surface area (Å²) >= 11 is 0. The number of carbonyl (C=O) groups is 1. The summed E-state index contributed by atoms with van der Waals surface area (Å²) in [6, 6.07) is 0. The van der Waals surface area contributed by atoms with Crippen LogP contribution < -0.4 is 0 Å². The van der Waals surface area contributed by atoms with Crippen LogP contribution in [0.4, 0.5) is 0 Å². The van der Waals surface area contributed by atoms with E-state index in [9.17, 15) is 4.79 Å². The third-order valence-electron chi connectivity index (χ3n) is 1.39. The molecule has 0 aliphatic carbocycles. The molecule has 0 spiro atoms. The molecule has 0 N–H and O–H groups in total. The maximum atomic E-state index is 10.7. The molecule has 1 aliphatic heterocycles. The highest BCUT2D eigenvalue weighted by Crippen LogP contribution is 2.06. The van der Waals surface area contributed by atoms with Crippen molar-refractivity contribution < 1.29 is 9.53 Å². The topological polar surface area (TPSA) is 26.3 Å². The number of rotatable bonds is 0. The number of hydrogen-bond acceptors (Lipinski definition) is 2. The molecule has 1 unspecified atom stereocenters. The summed E-state index contributed by atoms with van der Waals surface area (Å²) in [6.07, 6.45) is 1.48. The van der Waals surface area contributed by atoms with Gasteiger partial charge >= 0.3 is 0 Å². The van der Waals surface area contributed by atoms with E-state index < -0.39 is 0 Å². The lowest BCUT2D eigenvalue weighted by Gasteiger charge is -2.16. The first-order chi connectivity index (χ1) is 3.80. The van der Waals surface area contributed by atoms with Crippen molar-refractivity contribution in [3.8, 4) is 0 Å². The fourth-order valence-corrected chi connectivity index (χ4v) is 0.803. The fourth-order valence-electron chi connectivity index (χ4n) is 0.803. The smallest absolute Gasteiger partial charge is 0.161 e. The molecule has 2 heteroatoms. The molecule has 1 aliphatic rings. The number of Topliss-reactive ketones (excluding diaryl/α,β-unsaturated/α-hetero) is 1. The second kappa shape index (κ2) is 2.27. The lowest BCUT2D eigenvalue weighted by atomic mass is 10.1. The standard InChI is InChI=1S/C6H10O2/c1-5-6(7)3-2-4-8-5/h5H,2-4H2,1H3. The van der Waals surface area contributed by atoms with Crippen LogP contribution in [-0.2, 0) is 9.53 Å². The van der Waals surface area contributed by atoms with Gasteiger partial charge in [-0.2, -0.15) is 0 Å². The highest BCUT2D eigenvalue weighted by Gasteiger charge is 2.16. The average molecular weight is 114 g/mol. The molecule has 0 saturated carbocycles. The van der Waals surface area contributed by atoms with Gasteiger partial charge in [-0.25, -0.2) is 0 Å². The molecule has 0 radical (unpaired) electrons. The molecule has 1 heterocycles. The largest absolute Gasteiger partial charge is 0.371 e. The van der Waals surface area contributed by atoms with Gasteiger partial charge in [0.05, 0.1) is 0 Å². The summed E-state index contributed by atoms with van der Waals surface area (Å²) in [5.74, 6) is 0.247. The molecule has 1 rings (SSSR count). The Labute approximate surface area is 48.8 Å². The molecule has 1 saturated heterocycles. The van der Waals surface area contributed by atoms with Crippen molar-refractivity contribution in [3.63, 3.8) is 0 Å². The van der Waals surface area contributed by atoms with Crippen molar-refractivity contribution in [2.24, 2.45) is 0 Å². The molecular formula is C6H10O2. The van der Waals surface area contributed by atoms with Crippen molar-refractivity contribution in [3.05, 3.63) is 0 Å². The van der Waals surface area contributed by atoms with Crippen LogP contribution in [0.5, 0.6) is 0 Å². The van der Waals surface area contributed by atoms with E-state index in [4.69, 9.17) is 4.74 Å². The van der Waals surface area contributed by atoms with Gasteiger partial charge in [0.2, 0.25) is 0 Å². The van der Waals surface area contributed by atoms with Crippen LogP contribution in [0, 0.1) is 0 Å². The lowest BCUT2D eigenvalue weighted by Crippen LogP contribution is -2.26. The molecular weight excluding hydrogens is 104 g/mol. The minimum absolute atomic E-state index is 0.135. The lowest BCUT2D eigenvalue weighted by molar-refractivity contribution is -0.134. The summed E-state index contributed by atoms with van der Waals surface area (Å²) in [4.78, 5) is 10.7. The monoisotopic (exact) mass is 114 g/mol. The van der Waals surface area contributed by atoms with Gasteiger partial charge in [-0.15, -0.1) is 0 Å². The Hall–Kier alpha value is -0.370. The Balaban J connectivity index is 2.39. The predicted molar refractivity (Wildman–Crippen MR) is 29.7 cm³/mol. The molecule has 8 heavy (non-hydrogen) atoms. The molecule has 0 aromatic rings. The zero-order chi connectivity index (χ0) is 5.98. The predicted octanol–water partition coefficient (Wildman–Crippen LogP) is 0.754. The van der Waals surface area contributed by atoms with E-state index in [0.717, 1.165) is 13.0 Å². The first-order valence-corrected chi connectivity index (χ1v) is 2.95. The van der Waals surface area contributed by atoms with E-state index in [1.54, 1.807) is 0 Å². The zero-order valence-electron chi connectivity index (χ0n) is 5.02. The van der Waals surface area contributed by atoms with Crippen LogP contribution >= 0.6 is 0 Å². The van der Waals surface area contributed by atoms with Crippen molar-refractivity contribution in [1.82, 2.24) is 0 Å². The minimum Gasteiger partial charge on any atom is -0.371 e. The van der Waals surface area contributed by atoms with Gasteiger partial charge in [-0.05, 0) is 13.3 Å². The van der Waals surface area contributed by atoms with Gasteiger partial charge in [0.15, 0.2) is 5.78 Å². The molecule has 2 nitrogen and oxygen atoms in total. The third kappa shape index (κ3) is 1.07. The number of hydrogen-bond donors (Lipinski definition) is 0. The Morgan fingerprint density at radius 2 is 2.50 bits per heavy atom. The Morgan fingerprint density at radius 1 is 1.75 bits per heavy atom. The van der Waals surface area contributed by atoms with E-state index in [0.29, 0.717) is 6.42 Å². The maximum Gasteiger partial charge on any atom is 0.161 e.